The zero-order valence-electron chi connectivity index (χ0n) is 13.9. The number of hydrogen-bond acceptors (Lipinski definition) is 2. The van der Waals surface area contributed by atoms with Crippen LogP contribution in [0, 0.1) is 0 Å². The molecule has 0 saturated carbocycles. The van der Waals surface area contributed by atoms with E-state index in [4.69, 9.17) is 17.0 Å². The van der Waals surface area contributed by atoms with Gasteiger partial charge in [-0.3, -0.25) is 0 Å². The summed E-state index contributed by atoms with van der Waals surface area (Å²) in [7, 11) is 0. The van der Waals surface area contributed by atoms with Crippen molar-refractivity contribution in [2.75, 3.05) is 6.61 Å². The van der Waals surface area contributed by atoms with Crippen molar-refractivity contribution < 1.29 is 4.74 Å². The van der Waals surface area contributed by atoms with E-state index in [0.29, 0.717) is 4.20 Å². The van der Waals surface area contributed by atoms with E-state index in [1.807, 2.05) is 24.3 Å². The van der Waals surface area contributed by atoms with Crippen molar-refractivity contribution in [2.24, 2.45) is 0 Å². The molecular weight excluding hydrogens is 308 g/mol. The second-order valence-electron chi connectivity index (χ2n) is 5.86. The Labute approximate surface area is 147 Å². The van der Waals surface area contributed by atoms with Crippen molar-refractivity contribution >= 4 is 29.0 Å². The lowest BCUT2D eigenvalue weighted by Crippen LogP contribution is -1.97. The molecule has 0 radical (unpaired) electrons. The fraction of sp³-hybridized carbons (Fsp3) is 0.632. The second kappa shape index (κ2) is 13.0. The molecule has 22 heavy (non-hydrogen) atoms. The van der Waals surface area contributed by atoms with Crippen LogP contribution in [0.2, 0.25) is 0 Å². The van der Waals surface area contributed by atoms with Gasteiger partial charge < -0.3 is 4.74 Å². The van der Waals surface area contributed by atoms with Gasteiger partial charge in [-0.15, -0.1) is 12.6 Å². The number of ether oxygens (including phenoxy) is 1. The molecule has 124 valence electrons. The van der Waals surface area contributed by atoms with Crippen LogP contribution in [0.25, 0.3) is 0 Å². The fourth-order valence-corrected chi connectivity index (χ4v) is 2.76. The first kappa shape index (κ1) is 19.5. The summed E-state index contributed by atoms with van der Waals surface area (Å²) < 4.78 is 6.37. The third-order valence-corrected chi connectivity index (χ3v) is 4.36. The summed E-state index contributed by atoms with van der Waals surface area (Å²) >= 11 is 9.18. The predicted molar refractivity (Wildman–Crippen MR) is 104 cm³/mol. The van der Waals surface area contributed by atoms with Crippen molar-refractivity contribution in [2.45, 2.75) is 71.1 Å². The van der Waals surface area contributed by atoms with E-state index in [2.05, 4.69) is 19.6 Å². The molecule has 0 aromatic heterocycles. The van der Waals surface area contributed by atoms with Gasteiger partial charge in [0.1, 0.15) is 5.75 Å². The molecule has 3 heteroatoms. The number of benzene rings is 1. The largest absolute Gasteiger partial charge is 0.494 e. The average Bonchev–Trinajstić information content (AvgIpc) is 2.53. The van der Waals surface area contributed by atoms with Gasteiger partial charge in [0.25, 0.3) is 0 Å². The number of thiol groups is 1. The number of hydrogen-bond donors (Lipinski definition) is 1. The van der Waals surface area contributed by atoms with Crippen LogP contribution in [0.1, 0.15) is 76.7 Å². The van der Waals surface area contributed by atoms with Crippen molar-refractivity contribution in [1.29, 1.82) is 0 Å². The first-order valence-corrected chi connectivity index (χ1v) is 9.55. The minimum Gasteiger partial charge on any atom is -0.494 e. The normalized spacial score (nSPS) is 10.6. The Morgan fingerprint density at radius 1 is 0.864 bits per heavy atom. The van der Waals surface area contributed by atoms with Crippen LogP contribution in [0.3, 0.4) is 0 Å². The summed E-state index contributed by atoms with van der Waals surface area (Å²) in [6, 6.07) is 7.86. The molecule has 0 aliphatic rings. The lowest BCUT2D eigenvalue weighted by atomic mass is 10.1. The van der Waals surface area contributed by atoms with E-state index < -0.39 is 0 Å². The minimum absolute atomic E-state index is 0.626. The Bertz CT molecular complexity index is 400. The lowest BCUT2D eigenvalue weighted by Gasteiger charge is -2.07. The quantitative estimate of drug-likeness (QED) is 0.247. The van der Waals surface area contributed by atoms with Gasteiger partial charge in [-0.2, -0.15) is 0 Å². The molecule has 0 bridgehead atoms. The highest BCUT2D eigenvalue weighted by Gasteiger charge is 1.98. The first-order chi connectivity index (χ1) is 10.7. The standard InChI is InChI=1S/C19H30OS2/c1-2-3-4-5-6-7-8-9-10-11-16-20-18-14-12-17(13-15-18)19(21)22/h12-15H,2-11,16H2,1H3,(H,21,22). The van der Waals surface area contributed by atoms with Crippen LogP contribution in [0.5, 0.6) is 5.75 Å². The zero-order valence-corrected chi connectivity index (χ0v) is 15.6. The molecule has 0 atom stereocenters. The van der Waals surface area contributed by atoms with Gasteiger partial charge in [0, 0.05) is 0 Å². The Kier molecular flexibility index (Phi) is 11.5. The van der Waals surface area contributed by atoms with Gasteiger partial charge in [0.05, 0.1) is 10.8 Å². The van der Waals surface area contributed by atoms with Crippen LogP contribution < -0.4 is 4.74 Å². The SMILES string of the molecule is CCCCCCCCCCCCOc1ccc(C(=S)S)cc1. The number of thiocarbonyl (C=S) groups is 1. The maximum atomic E-state index is 5.74. The van der Waals surface area contributed by atoms with Crippen LogP contribution in [0.4, 0.5) is 0 Å². The first-order valence-electron chi connectivity index (χ1n) is 8.70. The summed E-state index contributed by atoms with van der Waals surface area (Å²) in [5, 5.41) is 0. The highest BCUT2D eigenvalue weighted by Crippen LogP contribution is 2.15. The van der Waals surface area contributed by atoms with Crippen molar-refractivity contribution in [1.82, 2.24) is 0 Å². The second-order valence-corrected chi connectivity index (χ2v) is 7.02. The van der Waals surface area contributed by atoms with Crippen LogP contribution in [0.15, 0.2) is 24.3 Å². The smallest absolute Gasteiger partial charge is 0.119 e. The monoisotopic (exact) mass is 338 g/mol. The van der Waals surface area contributed by atoms with E-state index in [1.165, 1.54) is 57.8 Å². The number of unbranched alkanes of at least 4 members (excludes halogenated alkanes) is 9. The summed E-state index contributed by atoms with van der Waals surface area (Å²) in [6.45, 7) is 3.08. The topological polar surface area (TPSA) is 9.23 Å². The molecule has 0 saturated heterocycles. The minimum atomic E-state index is 0.626. The average molecular weight is 339 g/mol. The van der Waals surface area contributed by atoms with Crippen molar-refractivity contribution in [3.63, 3.8) is 0 Å². The van der Waals surface area contributed by atoms with Crippen LogP contribution in [-0.2, 0) is 0 Å². The molecule has 1 aromatic rings. The van der Waals surface area contributed by atoms with Crippen LogP contribution >= 0.6 is 24.8 Å². The lowest BCUT2D eigenvalue weighted by molar-refractivity contribution is 0.304. The van der Waals surface area contributed by atoms with Gasteiger partial charge >= 0.3 is 0 Å². The summed E-state index contributed by atoms with van der Waals surface area (Å²) in [6.07, 6.45) is 13.5. The van der Waals surface area contributed by atoms with Gasteiger partial charge in [-0.05, 0) is 36.2 Å². The van der Waals surface area contributed by atoms with E-state index in [0.717, 1.165) is 24.3 Å². The Morgan fingerprint density at radius 2 is 1.36 bits per heavy atom. The van der Waals surface area contributed by atoms with E-state index >= 15 is 0 Å². The van der Waals surface area contributed by atoms with Gasteiger partial charge in [-0.25, -0.2) is 0 Å². The predicted octanol–water partition coefficient (Wildman–Crippen LogP) is 6.59. The maximum absolute atomic E-state index is 5.74. The van der Waals surface area contributed by atoms with Crippen LogP contribution in [-0.4, -0.2) is 10.8 Å². The molecule has 0 amide bonds. The molecule has 0 unspecified atom stereocenters. The van der Waals surface area contributed by atoms with Gasteiger partial charge in [-0.1, -0.05) is 76.9 Å². The third kappa shape index (κ3) is 9.47. The Morgan fingerprint density at radius 3 is 1.86 bits per heavy atom. The number of rotatable bonds is 13. The Hall–Kier alpha value is -0.540. The fourth-order valence-electron chi connectivity index (χ4n) is 2.47. The molecular formula is C19H30OS2. The third-order valence-electron chi connectivity index (χ3n) is 3.87. The summed E-state index contributed by atoms with van der Waals surface area (Å²) in [4.78, 5) is 0. The highest BCUT2D eigenvalue weighted by atomic mass is 32.1. The maximum Gasteiger partial charge on any atom is 0.119 e. The molecule has 1 aromatic carbocycles. The zero-order chi connectivity index (χ0) is 16.0. The molecule has 1 nitrogen and oxygen atoms in total. The van der Waals surface area contributed by atoms with Crippen molar-refractivity contribution in [3.8, 4) is 5.75 Å². The van der Waals surface area contributed by atoms with Gasteiger partial charge in [0.15, 0.2) is 0 Å². The Balaban J connectivity index is 1.94. The summed E-state index contributed by atoms with van der Waals surface area (Å²) in [5.41, 5.74) is 0.977. The van der Waals surface area contributed by atoms with E-state index in [-0.39, 0.29) is 0 Å². The van der Waals surface area contributed by atoms with E-state index in [1.54, 1.807) is 0 Å². The molecule has 0 N–H and O–H groups in total. The van der Waals surface area contributed by atoms with Crippen molar-refractivity contribution in [3.05, 3.63) is 29.8 Å². The van der Waals surface area contributed by atoms with Gasteiger partial charge in [0.2, 0.25) is 0 Å². The molecule has 0 fully saturated rings. The molecule has 1 rings (SSSR count). The highest BCUT2D eigenvalue weighted by molar-refractivity contribution is 8.11. The molecule has 0 heterocycles. The molecule has 0 spiro atoms. The molecule has 0 aliphatic heterocycles. The van der Waals surface area contributed by atoms with E-state index in [9.17, 15) is 0 Å². The molecule has 0 aliphatic carbocycles. The summed E-state index contributed by atoms with van der Waals surface area (Å²) in [5.74, 6) is 0.921.